The second-order valence-electron chi connectivity index (χ2n) is 9.04. The summed E-state index contributed by atoms with van der Waals surface area (Å²) >= 11 is 0. The highest BCUT2D eigenvalue weighted by Crippen LogP contribution is 2.31. The molecule has 0 aliphatic carbocycles. The fourth-order valence-electron chi connectivity index (χ4n) is 4.65. The lowest BCUT2D eigenvalue weighted by atomic mass is 10.0. The minimum atomic E-state index is 0.278. The van der Waals surface area contributed by atoms with E-state index >= 15 is 0 Å². The predicted molar refractivity (Wildman–Crippen MR) is 129 cm³/mol. The monoisotopic (exact) mass is 430 g/mol. The van der Waals surface area contributed by atoms with Crippen LogP contribution in [-0.2, 0) is 0 Å². The normalized spacial score (nSPS) is 21.1. The van der Waals surface area contributed by atoms with Crippen LogP contribution in [0.1, 0.15) is 31.4 Å². The molecule has 0 aromatic heterocycles. The van der Waals surface area contributed by atoms with Crippen molar-refractivity contribution in [1.29, 1.82) is 0 Å². The second kappa shape index (κ2) is 12.3. The topological polar surface area (TPSA) is 55.4 Å². The second-order valence-corrected chi connectivity index (χ2v) is 9.04. The van der Waals surface area contributed by atoms with E-state index in [-0.39, 0.29) is 6.04 Å². The van der Waals surface area contributed by atoms with Crippen molar-refractivity contribution >= 4 is 5.96 Å². The maximum absolute atomic E-state index is 5.67. The van der Waals surface area contributed by atoms with Crippen LogP contribution >= 0.6 is 0 Å². The third kappa shape index (κ3) is 7.09. The molecule has 1 aromatic carbocycles. The summed E-state index contributed by atoms with van der Waals surface area (Å²) in [4.78, 5) is 12.0. The largest absolute Gasteiger partial charge is 0.496 e. The molecule has 7 heteroatoms. The molecule has 2 heterocycles. The predicted octanol–water partition coefficient (Wildman–Crippen LogP) is 1.88. The first-order chi connectivity index (χ1) is 15.1. The molecule has 2 aliphatic heterocycles. The molecule has 0 spiro atoms. The maximum Gasteiger partial charge on any atom is 0.191 e. The Kier molecular flexibility index (Phi) is 9.43. The lowest BCUT2D eigenvalue weighted by Gasteiger charge is -2.34. The summed E-state index contributed by atoms with van der Waals surface area (Å²) in [5, 5.41) is 7.13. The number of ether oxygens (including phenoxy) is 1. The Morgan fingerprint density at radius 3 is 2.39 bits per heavy atom. The molecule has 0 amide bonds. The van der Waals surface area contributed by atoms with Crippen molar-refractivity contribution in [2.45, 2.75) is 25.8 Å². The fraction of sp³-hybridized carbons (Fsp3) is 0.708. The summed E-state index contributed by atoms with van der Waals surface area (Å²) in [5.74, 6) is 2.42. The average Bonchev–Trinajstić information content (AvgIpc) is 3.32. The third-order valence-corrected chi connectivity index (χ3v) is 6.55. The highest BCUT2D eigenvalue weighted by atomic mass is 16.5. The van der Waals surface area contributed by atoms with Crippen LogP contribution in [0, 0.1) is 5.92 Å². The zero-order valence-corrected chi connectivity index (χ0v) is 19.9. The van der Waals surface area contributed by atoms with Crippen LogP contribution in [0.5, 0.6) is 5.75 Å². The molecule has 0 bridgehead atoms. The van der Waals surface area contributed by atoms with Crippen molar-refractivity contribution in [3.05, 3.63) is 29.8 Å². The molecule has 2 fully saturated rings. The van der Waals surface area contributed by atoms with E-state index in [2.05, 4.69) is 62.5 Å². The zero-order chi connectivity index (χ0) is 22.1. The van der Waals surface area contributed by atoms with Crippen molar-refractivity contribution in [2.24, 2.45) is 10.9 Å². The van der Waals surface area contributed by atoms with E-state index in [1.54, 1.807) is 7.11 Å². The lowest BCUT2D eigenvalue weighted by Crippen LogP contribution is -2.48. The quantitative estimate of drug-likeness (QED) is 0.461. The minimum Gasteiger partial charge on any atom is -0.496 e. The van der Waals surface area contributed by atoms with Crippen LogP contribution in [0.4, 0.5) is 0 Å². The van der Waals surface area contributed by atoms with E-state index in [9.17, 15) is 0 Å². The molecule has 1 aromatic rings. The van der Waals surface area contributed by atoms with E-state index < -0.39 is 0 Å². The summed E-state index contributed by atoms with van der Waals surface area (Å²) in [6, 6.07) is 8.68. The maximum atomic E-state index is 5.67. The van der Waals surface area contributed by atoms with Crippen LogP contribution < -0.4 is 15.4 Å². The van der Waals surface area contributed by atoms with Crippen LogP contribution in [-0.4, -0.2) is 101 Å². The Balaban J connectivity index is 1.52. The average molecular weight is 431 g/mol. The van der Waals surface area contributed by atoms with E-state index in [1.165, 1.54) is 44.6 Å². The van der Waals surface area contributed by atoms with Crippen molar-refractivity contribution < 1.29 is 4.74 Å². The van der Waals surface area contributed by atoms with Gasteiger partial charge in [0, 0.05) is 58.4 Å². The van der Waals surface area contributed by atoms with Crippen LogP contribution in [0.3, 0.4) is 0 Å². The first-order valence-corrected chi connectivity index (χ1v) is 11.8. The molecular weight excluding hydrogens is 388 g/mol. The first-order valence-electron chi connectivity index (χ1n) is 11.8. The Morgan fingerprint density at radius 2 is 1.71 bits per heavy atom. The number of guanidine groups is 1. The smallest absolute Gasteiger partial charge is 0.191 e. The van der Waals surface area contributed by atoms with E-state index in [0.717, 1.165) is 44.4 Å². The van der Waals surface area contributed by atoms with Gasteiger partial charge in [0.15, 0.2) is 5.96 Å². The van der Waals surface area contributed by atoms with E-state index in [1.807, 2.05) is 13.1 Å². The summed E-state index contributed by atoms with van der Waals surface area (Å²) in [5.41, 5.74) is 1.25. The number of nitrogens with zero attached hydrogens (tertiary/aromatic N) is 4. The molecule has 2 unspecified atom stereocenters. The number of para-hydroxylation sites is 1. The Bertz CT molecular complexity index is 682. The summed E-state index contributed by atoms with van der Waals surface area (Å²) in [7, 11) is 5.82. The van der Waals surface area contributed by atoms with E-state index in [0.29, 0.717) is 5.92 Å². The van der Waals surface area contributed by atoms with Crippen molar-refractivity contribution in [2.75, 3.05) is 80.1 Å². The molecule has 2 aliphatic rings. The van der Waals surface area contributed by atoms with Gasteiger partial charge in [-0.25, -0.2) is 0 Å². The molecule has 2 N–H and O–H groups in total. The van der Waals surface area contributed by atoms with Gasteiger partial charge in [-0.1, -0.05) is 25.1 Å². The number of benzene rings is 1. The van der Waals surface area contributed by atoms with Gasteiger partial charge < -0.3 is 25.2 Å². The van der Waals surface area contributed by atoms with Gasteiger partial charge in [0.2, 0.25) is 0 Å². The molecule has 2 atom stereocenters. The Labute approximate surface area is 188 Å². The van der Waals surface area contributed by atoms with Gasteiger partial charge in [-0.2, -0.15) is 0 Å². The standard InChI is InChI=1S/C24H42N6O/c1-20(19-29-15-13-28(3)14-16-29)17-26-24(25-2)27-18-22(30-11-7-8-12-30)21-9-5-6-10-23(21)31-4/h5-6,9-10,20,22H,7-8,11-19H2,1-4H3,(H2,25,26,27). The van der Waals surface area contributed by atoms with Crippen molar-refractivity contribution in [3.63, 3.8) is 0 Å². The van der Waals surface area contributed by atoms with E-state index in [4.69, 9.17) is 4.74 Å². The highest BCUT2D eigenvalue weighted by molar-refractivity contribution is 5.79. The number of likely N-dealkylation sites (tertiary alicyclic amines) is 1. The lowest BCUT2D eigenvalue weighted by molar-refractivity contribution is 0.139. The van der Waals surface area contributed by atoms with Gasteiger partial charge in [-0.3, -0.25) is 9.89 Å². The van der Waals surface area contributed by atoms with Crippen molar-refractivity contribution in [1.82, 2.24) is 25.3 Å². The van der Waals surface area contributed by atoms with Gasteiger partial charge in [0.1, 0.15) is 5.75 Å². The first kappa shape index (κ1) is 23.8. The number of piperazine rings is 1. The molecule has 31 heavy (non-hydrogen) atoms. The van der Waals surface area contributed by atoms with Crippen LogP contribution in [0.25, 0.3) is 0 Å². The van der Waals surface area contributed by atoms with Gasteiger partial charge in [0.05, 0.1) is 13.2 Å². The molecule has 3 rings (SSSR count). The number of hydrogen-bond acceptors (Lipinski definition) is 5. The summed E-state index contributed by atoms with van der Waals surface area (Å²) in [6.45, 7) is 12.2. The Morgan fingerprint density at radius 1 is 1.03 bits per heavy atom. The fourth-order valence-corrected chi connectivity index (χ4v) is 4.65. The summed E-state index contributed by atoms with van der Waals surface area (Å²) < 4.78 is 5.67. The van der Waals surface area contributed by atoms with Gasteiger partial charge in [-0.15, -0.1) is 0 Å². The molecule has 0 saturated carbocycles. The zero-order valence-electron chi connectivity index (χ0n) is 19.9. The molecule has 2 saturated heterocycles. The number of aliphatic imine (C=N–C) groups is 1. The number of hydrogen-bond donors (Lipinski definition) is 2. The third-order valence-electron chi connectivity index (χ3n) is 6.55. The highest BCUT2D eigenvalue weighted by Gasteiger charge is 2.26. The molecule has 7 nitrogen and oxygen atoms in total. The number of methoxy groups -OCH3 is 1. The van der Waals surface area contributed by atoms with Gasteiger partial charge in [-0.05, 0) is 45.0 Å². The van der Waals surface area contributed by atoms with Gasteiger partial charge >= 0.3 is 0 Å². The minimum absolute atomic E-state index is 0.278. The number of nitrogens with one attached hydrogen (secondary N) is 2. The van der Waals surface area contributed by atoms with Crippen LogP contribution in [0.2, 0.25) is 0 Å². The molecule has 0 radical (unpaired) electrons. The summed E-state index contributed by atoms with van der Waals surface area (Å²) in [6.07, 6.45) is 2.53. The van der Waals surface area contributed by atoms with Crippen LogP contribution in [0.15, 0.2) is 29.3 Å². The Hall–Kier alpha value is -1.83. The van der Waals surface area contributed by atoms with Gasteiger partial charge in [0.25, 0.3) is 0 Å². The SMILES string of the molecule is CN=C(NCC(C)CN1CCN(C)CC1)NCC(c1ccccc1OC)N1CCCC1. The molecule has 174 valence electrons. The molecular formula is C24H42N6O. The van der Waals surface area contributed by atoms with Crippen molar-refractivity contribution in [3.8, 4) is 5.75 Å². The number of rotatable bonds is 9. The number of likely N-dealkylation sites (N-methyl/N-ethyl adjacent to an activating group) is 1.